The molecule has 0 aliphatic rings. The molecule has 0 saturated heterocycles. The number of rotatable bonds is 1. The van der Waals surface area contributed by atoms with E-state index in [1.165, 1.54) is 18.5 Å². The van der Waals surface area contributed by atoms with Crippen LogP contribution in [0.1, 0.15) is 5.69 Å². The molecule has 0 atom stereocenters. The fraction of sp³-hybridized carbons (Fsp3) is 0.100. The van der Waals surface area contributed by atoms with Crippen LogP contribution in [0.2, 0.25) is 0 Å². The SMILES string of the molecule is Cc1cncn1-c1cc(F)cc(F)c1. The van der Waals surface area contributed by atoms with E-state index >= 15 is 0 Å². The number of halogens is 2. The smallest absolute Gasteiger partial charge is 0.128 e. The minimum Gasteiger partial charge on any atom is -0.303 e. The number of hydrogen-bond donors (Lipinski definition) is 0. The second-order valence-electron chi connectivity index (χ2n) is 3.03. The van der Waals surface area contributed by atoms with E-state index in [9.17, 15) is 8.78 Å². The zero-order valence-electron chi connectivity index (χ0n) is 7.54. The fourth-order valence-corrected chi connectivity index (χ4v) is 1.31. The van der Waals surface area contributed by atoms with Crippen molar-refractivity contribution in [3.8, 4) is 5.69 Å². The molecule has 0 spiro atoms. The highest BCUT2D eigenvalue weighted by Gasteiger charge is 2.04. The lowest BCUT2D eigenvalue weighted by Gasteiger charge is -2.04. The van der Waals surface area contributed by atoms with Crippen molar-refractivity contribution in [3.05, 3.63) is 48.1 Å². The third-order valence-electron chi connectivity index (χ3n) is 1.95. The largest absolute Gasteiger partial charge is 0.303 e. The van der Waals surface area contributed by atoms with Gasteiger partial charge < -0.3 is 4.57 Å². The van der Waals surface area contributed by atoms with E-state index < -0.39 is 11.6 Å². The zero-order chi connectivity index (χ0) is 10.1. The third-order valence-corrected chi connectivity index (χ3v) is 1.95. The molecule has 0 fully saturated rings. The lowest BCUT2D eigenvalue weighted by Crippen LogP contribution is -1.96. The molecular weight excluding hydrogens is 186 g/mol. The minimum absolute atomic E-state index is 0.442. The van der Waals surface area contributed by atoms with E-state index in [-0.39, 0.29) is 0 Å². The van der Waals surface area contributed by atoms with Crippen molar-refractivity contribution < 1.29 is 8.78 Å². The van der Waals surface area contributed by atoms with Gasteiger partial charge in [0.05, 0.1) is 12.0 Å². The van der Waals surface area contributed by atoms with E-state index in [0.29, 0.717) is 5.69 Å². The summed E-state index contributed by atoms with van der Waals surface area (Å²) in [4.78, 5) is 3.88. The monoisotopic (exact) mass is 194 g/mol. The molecule has 72 valence electrons. The molecule has 0 amide bonds. The number of benzene rings is 1. The van der Waals surface area contributed by atoms with Gasteiger partial charge in [0.1, 0.15) is 11.6 Å². The van der Waals surface area contributed by atoms with Crippen LogP contribution in [0, 0.1) is 18.6 Å². The first-order chi connectivity index (χ1) is 6.66. The van der Waals surface area contributed by atoms with Gasteiger partial charge in [0.15, 0.2) is 0 Å². The topological polar surface area (TPSA) is 17.8 Å². The molecule has 0 radical (unpaired) electrons. The van der Waals surface area contributed by atoms with Crippen molar-refractivity contribution in [1.29, 1.82) is 0 Å². The summed E-state index contributed by atoms with van der Waals surface area (Å²) in [5.74, 6) is -1.18. The first kappa shape index (κ1) is 8.87. The first-order valence-corrected chi connectivity index (χ1v) is 4.12. The summed E-state index contributed by atoms with van der Waals surface area (Å²) >= 11 is 0. The van der Waals surface area contributed by atoms with Crippen LogP contribution in [-0.2, 0) is 0 Å². The molecule has 2 rings (SSSR count). The molecule has 0 saturated carbocycles. The lowest BCUT2D eigenvalue weighted by atomic mass is 10.3. The Morgan fingerprint density at radius 3 is 2.29 bits per heavy atom. The Bertz CT molecular complexity index is 443. The van der Waals surface area contributed by atoms with Gasteiger partial charge in [0.2, 0.25) is 0 Å². The van der Waals surface area contributed by atoms with E-state index in [1.807, 2.05) is 6.92 Å². The molecule has 2 aromatic rings. The second kappa shape index (κ2) is 3.21. The number of imidazole rings is 1. The van der Waals surface area contributed by atoms with Gasteiger partial charge in [-0.25, -0.2) is 13.8 Å². The summed E-state index contributed by atoms with van der Waals surface area (Å²) in [5.41, 5.74) is 1.27. The molecule has 2 nitrogen and oxygen atoms in total. The van der Waals surface area contributed by atoms with Crippen LogP contribution in [0.3, 0.4) is 0 Å². The van der Waals surface area contributed by atoms with Gasteiger partial charge >= 0.3 is 0 Å². The highest BCUT2D eigenvalue weighted by atomic mass is 19.1. The Kier molecular flexibility index (Phi) is 2.04. The summed E-state index contributed by atoms with van der Waals surface area (Å²) in [7, 11) is 0. The predicted molar refractivity (Wildman–Crippen MR) is 48.2 cm³/mol. The number of aryl methyl sites for hydroxylation is 1. The standard InChI is InChI=1S/C10H8F2N2/c1-7-5-13-6-14(7)10-3-8(11)2-9(12)4-10/h2-6H,1H3. The highest BCUT2D eigenvalue weighted by Crippen LogP contribution is 2.14. The normalized spacial score (nSPS) is 10.5. The predicted octanol–water partition coefficient (Wildman–Crippen LogP) is 2.46. The number of nitrogens with zero attached hydrogens (tertiary/aromatic N) is 2. The van der Waals surface area contributed by atoms with Crippen molar-refractivity contribution in [3.63, 3.8) is 0 Å². The number of hydrogen-bond acceptors (Lipinski definition) is 1. The highest BCUT2D eigenvalue weighted by molar-refractivity contribution is 5.34. The summed E-state index contributed by atoms with van der Waals surface area (Å²) in [5, 5.41) is 0. The molecule has 1 aromatic carbocycles. The van der Waals surface area contributed by atoms with Crippen LogP contribution < -0.4 is 0 Å². The van der Waals surface area contributed by atoms with Crippen LogP contribution >= 0.6 is 0 Å². The van der Waals surface area contributed by atoms with Crippen molar-refractivity contribution in [1.82, 2.24) is 9.55 Å². The Hall–Kier alpha value is -1.71. The summed E-state index contributed by atoms with van der Waals surface area (Å²) in [6.07, 6.45) is 3.15. The molecular formula is C10H8F2N2. The van der Waals surface area contributed by atoms with Gasteiger partial charge in [-0.3, -0.25) is 0 Å². The maximum absolute atomic E-state index is 12.9. The van der Waals surface area contributed by atoms with E-state index in [1.54, 1.807) is 10.8 Å². The van der Waals surface area contributed by atoms with Gasteiger partial charge in [-0.05, 0) is 19.1 Å². The molecule has 0 bridgehead atoms. The van der Waals surface area contributed by atoms with Crippen molar-refractivity contribution in [2.75, 3.05) is 0 Å². The van der Waals surface area contributed by atoms with Crippen LogP contribution in [0.4, 0.5) is 8.78 Å². The summed E-state index contributed by atoms with van der Waals surface area (Å²) < 4.78 is 27.4. The van der Waals surface area contributed by atoms with E-state index in [4.69, 9.17) is 0 Å². The molecule has 4 heteroatoms. The van der Waals surface area contributed by atoms with Gasteiger partial charge in [0, 0.05) is 18.0 Å². The summed E-state index contributed by atoms with van der Waals surface area (Å²) in [6, 6.07) is 3.37. The van der Waals surface area contributed by atoms with E-state index in [2.05, 4.69) is 4.98 Å². The average molecular weight is 194 g/mol. The molecule has 0 aliphatic heterocycles. The van der Waals surface area contributed by atoms with Crippen molar-refractivity contribution in [2.45, 2.75) is 6.92 Å². The van der Waals surface area contributed by atoms with Crippen molar-refractivity contribution in [2.24, 2.45) is 0 Å². The maximum atomic E-state index is 12.9. The van der Waals surface area contributed by atoms with Gasteiger partial charge in [-0.15, -0.1) is 0 Å². The summed E-state index contributed by atoms with van der Waals surface area (Å²) in [6.45, 7) is 1.82. The van der Waals surface area contributed by atoms with Crippen molar-refractivity contribution >= 4 is 0 Å². The molecule has 0 aliphatic carbocycles. The molecule has 1 heterocycles. The Labute approximate surface area is 79.8 Å². The number of aromatic nitrogens is 2. The second-order valence-corrected chi connectivity index (χ2v) is 3.03. The lowest BCUT2D eigenvalue weighted by molar-refractivity contribution is 0.581. The first-order valence-electron chi connectivity index (χ1n) is 4.12. The molecule has 0 unspecified atom stereocenters. The van der Waals surface area contributed by atoms with E-state index in [0.717, 1.165) is 11.8 Å². The minimum atomic E-state index is -0.590. The zero-order valence-corrected chi connectivity index (χ0v) is 7.54. The van der Waals surface area contributed by atoms with Crippen LogP contribution in [0.5, 0.6) is 0 Å². The third kappa shape index (κ3) is 1.51. The van der Waals surface area contributed by atoms with Crippen LogP contribution in [0.15, 0.2) is 30.7 Å². The fourth-order valence-electron chi connectivity index (χ4n) is 1.31. The van der Waals surface area contributed by atoms with Gasteiger partial charge in [0.25, 0.3) is 0 Å². The van der Waals surface area contributed by atoms with Gasteiger partial charge in [-0.1, -0.05) is 0 Å². The Balaban J connectivity index is 2.57. The average Bonchev–Trinajstić information content (AvgIpc) is 2.49. The molecule has 1 aromatic heterocycles. The Morgan fingerprint density at radius 1 is 1.14 bits per heavy atom. The van der Waals surface area contributed by atoms with Crippen LogP contribution in [-0.4, -0.2) is 9.55 Å². The quantitative estimate of drug-likeness (QED) is 0.681. The maximum Gasteiger partial charge on any atom is 0.128 e. The Morgan fingerprint density at radius 2 is 1.79 bits per heavy atom. The molecule has 0 N–H and O–H groups in total. The van der Waals surface area contributed by atoms with Gasteiger partial charge in [-0.2, -0.15) is 0 Å². The van der Waals surface area contributed by atoms with Crippen LogP contribution in [0.25, 0.3) is 5.69 Å². The molecule has 14 heavy (non-hydrogen) atoms.